The van der Waals surface area contributed by atoms with E-state index in [-0.39, 0.29) is 17.1 Å². The van der Waals surface area contributed by atoms with Crippen LogP contribution >= 0.6 is 11.3 Å². The molecule has 176 valence electrons. The summed E-state index contributed by atoms with van der Waals surface area (Å²) < 4.78 is 26.3. The number of aryl methyl sites for hydroxylation is 1. The lowest BCUT2D eigenvalue weighted by Crippen LogP contribution is -2.07. The highest BCUT2D eigenvalue weighted by Crippen LogP contribution is 2.39. The van der Waals surface area contributed by atoms with Gasteiger partial charge in [-0.25, -0.2) is 19.2 Å². The number of ether oxygens (including phenoxy) is 2. The molecule has 0 bridgehead atoms. The number of methoxy groups -OCH3 is 1. The van der Waals surface area contributed by atoms with Gasteiger partial charge in [-0.1, -0.05) is 6.07 Å². The van der Waals surface area contributed by atoms with Gasteiger partial charge in [-0.3, -0.25) is 0 Å². The first-order chi connectivity index (χ1) is 16.4. The van der Waals surface area contributed by atoms with Gasteiger partial charge >= 0.3 is 5.97 Å². The minimum Gasteiger partial charge on any atom is -0.495 e. The van der Waals surface area contributed by atoms with E-state index < -0.39 is 5.97 Å². The van der Waals surface area contributed by atoms with Crippen molar-refractivity contribution in [3.05, 3.63) is 64.5 Å². The summed E-state index contributed by atoms with van der Waals surface area (Å²) >= 11 is 1.53. The van der Waals surface area contributed by atoms with E-state index in [1.165, 1.54) is 29.8 Å². The van der Waals surface area contributed by atoms with Crippen LogP contribution in [0.4, 0.5) is 10.2 Å². The molecule has 4 rings (SSSR count). The van der Waals surface area contributed by atoms with Crippen LogP contribution in [-0.4, -0.2) is 41.3 Å². The van der Waals surface area contributed by atoms with Gasteiger partial charge in [0.15, 0.2) is 0 Å². The number of nitrogens with one attached hydrogen (secondary N) is 1. The Kier molecular flexibility index (Phi) is 6.93. The van der Waals surface area contributed by atoms with E-state index >= 15 is 0 Å². The van der Waals surface area contributed by atoms with Gasteiger partial charge in [-0.15, -0.1) is 11.3 Å². The van der Waals surface area contributed by atoms with Crippen LogP contribution in [0.2, 0.25) is 0 Å². The zero-order chi connectivity index (χ0) is 24.2. The van der Waals surface area contributed by atoms with Gasteiger partial charge < -0.3 is 19.9 Å². The first-order valence-electron chi connectivity index (χ1n) is 10.7. The number of fused-ring (bicyclic) bond motifs is 1. The zero-order valence-electron chi connectivity index (χ0n) is 19.0. The van der Waals surface area contributed by atoms with Crippen LogP contribution in [0.15, 0.2) is 42.7 Å². The molecule has 9 heteroatoms. The second-order valence-electron chi connectivity index (χ2n) is 7.50. The maximum Gasteiger partial charge on any atom is 0.339 e. The Morgan fingerprint density at radius 2 is 2.00 bits per heavy atom. The van der Waals surface area contributed by atoms with E-state index in [0.717, 1.165) is 15.1 Å². The molecule has 7 nitrogen and oxygen atoms in total. The molecule has 0 saturated heterocycles. The smallest absolute Gasteiger partial charge is 0.339 e. The quantitative estimate of drug-likeness (QED) is 0.323. The third-order valence-electron chi connectivity index (χ3n) is 5.43. The summed E-state index contributed by atoms with van der Waals surface area (Å²) in [6, 6.07) is 9.73. The van der Waals surface area contributed by atoms with Crippen LogP contribution in [0.1, 0.15) is 27.7 Å². The number of carboxylic acid groups (broad SMARTS) is 1. The van der Waals surface area contributed by atoms with Crippen molar-refractivity contribution in [3.8, 4) is 22.8 Å². The van der Waals surface area contributed by atoms with E-state index in [4.69, 9.17) is 9.47 Å². The van der Waals surface area contributed by atoms with Crippen LogP contribution in [0.25, 0.3) is 21.3 Å². The second-order valence-corrected chi connectivity index (χ2v) is 8.73. The van der Waals surface area contributed by atoms with Gasteiger partial charge in [0.2, 0.25) is 0 Å². The predicted molar refractivity (Wildman–Crippen MR) is 131 cm³/mol. The van der Waals surface area contributed by atoms with Gasteiger partial charge in [0, 0.05) is 28.4 Å². The molecular formula is C25H24FN3O4S. The number of carbonyl (C=O) groups is 1. The molecule has 0 spiro atoms. The SMILES string of the molecule is CCOc1cc(-c2cc(NCCc3c(C)sc4c(OC)ccc(F)c34)ncn2)ccc1C(=O)O. The molecule has 0 atom stereocenters. The third kappa shape index (κ3) is 4.65. The van der Waals surface area contributed by atoms with Crippen molar-refractivity contribution in [2.24, 2.45) is 0 Å². The number of hydrogen-bond donors (Lipinski definition) is 2. The monoisotopic (exact) mass is 481 g/mol. The molecule has 0 unspecified atom stereocenters. The topological polar surface area (TPSA) is 93.6 Å². The number of aromatic carboxylic acids is 1. The van der Waals surface area contributed by atoms with Gasteiger partial charge in [0.1, 0.15) is 35.0 Å². The highest BCUT2D eigenvalue weighted by atomic mass is 32.1. The Labute approximate surface area is 200 Å². The minimum absolute atomic E-state index is 0.0974. The summed E-state index contributed by atoms with van der Waals surface area (Å²) in [5, 5.41) is 13.2. The van der Waals surface area contributed by atoms with E-state index in [9.17, 15) is 14.3 Å². The van der Waals surface area contributed by atoms with Crippen LogP contribution in [0.5, 0.6) is 11.5 Å². The fourth-order valence-electron chi connectivity index (χ4n) is 3.84. The van der Waals surface area contributed by atoms with E-state index in [0.29, 0.717) is 47.8 Å². The summed E-state index contributed by atoms with van der Waals surface area (Å²) in [5.41, 5.74) is 2.39. The lowest BCUT2D eigenvalue weighted by atomic mass is 10.1. The van der Waals surface area contributed by atoms with Crippen molar-refractivity contribution in [1.29, 1.82) is 0 Å². The lowest BCUT2D eigenvalue weighted by Gasteiger charge is -2.11. The summed E-state index contributed by atoms with van der Waals surface area (Å²) in [5.74, 6) is 0.266. The molecule has 2 aromatic heterocycles. The van der Waals surface area contributed by atoms with Crippen molar-refractivity contribution < 1.29 is 23.8 Å². The molecule has 2 aromatic carbocycles. The molecule has 0 radical (unpaired) electrons. The standard InChI is InChI=1S/C25H24FN3O4S/c1-4-33-21-11-15(5-6-17(21)25(30)31)19-12-22(29-13-28-19)27-10-9-16-14(2)34-24-20(32-3)8-7-18(26)23(16)24/h5-8,11-13H,4,9-10H2,1-3H3,(H,30,31)(H,27,28,29). The molecule has 0 aliphatic carbocycles. The number of nitrogens with zero attached hydrogens (tertiary/aromatic N) is 2. The Morgan fingerprint density at radius 3 is 2.74 bits per heavy atom. The van der Waals surface area contributed by atoms with E-state index in [1.54, 1.807) is 38.3 Å². The number of rotatable bonds is 9. The summed E-state index contributed by atoms with van der Waals surface area (Å²) in [4.78, 5) is 21.1. The summed E-state index contributed by atoms with van der Waals surface area (Å²) in [7, 11) is 1.59. The average Bonchev–Trinajstić information content (AvgIpc) is 3.16. The fourth-order valence-corrected chi connectivity index (χ4v) is 5.04. The van der Waals surface area contributed by atoms with Gasteiger partial charge in [0.05, 0.1) is 24.1 Å². The predicted octanol–water partition coefficient (Wildman–Crippen LogP) is 5.57. The van der Waals surface area contributed by atoms with E-state index in [1.807, 2.05) is 6.92 Å². The van der Waals surface area contributed by atoms with Crippen LogP contribution in [0, 0.1) is 12.7 Å². The Hall–Kier alpha value is -3.72. The summed E-state index contributed by atoms with van der Waals surface area (Å²) in [6.07, 6.45) is 2.05. The molecule has 2 heterocycles. The molecule has 0 fully saturated rings. The zero-order valence-corrected chi connectivity index (χ0v) is 19.8. The van der Waals surface area contributed by atoms with Gasteiger partial charge in [-0.2, -0.15) is 0 Å². The third-order valence-corrected chi connectivity index (χ3v) is 6.59. The molecule has 0 amide bonds. The second kappa shape index (κ2) is 10.0. The Bertz CT molecular complexity index is 1360. The maximum atomic E-state index is 14.6. The number of carboxylic acids is 1. The minimum atomic E-state index is -1.05. The van der Waals surface area contributed by atoms with Crippen LogP contribution < -0.4 is 14.8 Å². The van der Waals surface area contributed by atoms with Crippen molar-refractivity contribution in [1.82, 2.24) is 9.97 Å². The fraction of sp³-hybridized carbons (Fsp3) is 0.240. The maximum absolute atomic E-state index is 14.6. The molecule has 0 aliphatic heterocycles. The van der Waals surface area contributed by atoms with Crippen LogP contribution in [0.3, 0.4) is 0 Å². The Balaban J connectivity index is 1.53. The van der Waals surface area contributed by atoms with Crippen LogP contribution in [-0.2, 0) is 6.42 Å². The van der Waals surface area contributed by atoms with Crippen molar-refractivity contribution >= 4 is 33.2 Å². The molecule has 0 saturated carbocycles. The number of thiophene rings is 1. The summed E-state index contributed by atoms with van der Waals surface area (Å²) in [6.45, 7) is 4.68. The average molecular weight is 482 g/mol. The molecule has 2 N–H and O–H groups in total. The number of benzene rings is 2. The molecule has 0 aliphatic rings. The number of halogens is 1. The highest BCUT2D eigenvalue weighted by Gasteiger charge is 2.17. The molecule has 34 heavy (non-hydrogen) atoms. The lowest BCUT2D eigenvalue weighted by molar-refractivity contribution is 0.0692. The van der Waals surface area contributed by atoms with Crippen molar-refractivity contribution in [3.63, 3.8) is 0 Å². The van der Waals surface area contributed by atoms with Crippen molar-refractivity contribution in [2.45, 2.75) is 20.3 Å². The van der Waals surface area contributed by atoms with Gasteiger partial charge in [0.25, 0.3) is 0 Å². The molecular weight excluding hydrogens is 457 g/mol. The largest absolute Gasteiger partial charge is 0.495 e. The van der Waals surface area contributed by atoms with Crippen molar-refractivity contribution in [2.75, 3.05) is 25.6 Å². The Morgan fingerprint density at radius 1 is 1.18 bits per heavy atom. The van der Waals surface area contributed by atoms with E-state index in [2.05, 4.69) is 15.3 Å². The van der Waals surface area contributed by atoms with Gasteiger partial charge in [-0.05, 0) is 50.1 Å². The number of aromatic nitrogens is 2. The highest BCUT2D eigenvalue weighted by molar-refractivity contribution is 7.19. The number of hydrogen-bond acceptors (Lipinski definition) is 7. The normalized spacial score (nSPS) is 10.9. The number of anilines is 1. The first-order valence-corrected chi connectivity index (χ1v) is 11.6. The molecule has 4 aromatic rings. The first kappa shape index (κ1) is 23.4.